The molecule has 3 rings (SSSR count). The summed E-state index contributed by atoms with van der Waals surface area (Å²) in [5.74, 6) is -0.916. The van der Waals surface area contributed by atoms with E-state index in [4.69, 9.17) is 4.74 Å². The predicted molar refractivity (Wildman–Crippen MR) is 94.7 cm³/mol. The van der Waals surface area contributed by atoms with Crippen LogP contribution in [0.3, 0.4) is 0 Å². The Labute approximate surface area is 156 Å². The van der Waals surface area contributed by atoms with Crippen molar-refractivity contribution in [2.24, 2.45) is 0 Å². The predicted octanol–water partition coefficient (Wildman–Crippen LogP) is 1.85. The first-order chi connectivity index (χ1) is 11.4. The Morgan fingerprint density at radius 3 is 2.46 bits per heavy atom. The van der Waals surface area contributed by atoms with Crippen LogP contribution in [0.2, 0.25) is 0 Å². The number of methoxy groups -OCH3 is 1. The van der Waals surface area contributed by atoms with Crippen LogP contribution < -0.4 is 0 Å². The van der Waals surface area contributed by atoms with Gasteiger partial charge in [0.1, 0.15) is 4.16 Å². The van der Waals surface area contributed by atoms with E-state index in [9.17, 15) is 18.0 Å². The molecule has 2 aliphatic rings. The standard InChI is InChI=1S/C15H13Br2NO5S/c1-23-12-14(20)18-10(11(19)8-5-3-2-4-6-8)9(7-16)13(17)24(21,22)15(12)18/h2-6,12-13,15H,7H2,1H3/t12-,13?,15-/m0/s1. The van der Waals surface area contributed by atoms with Crippen molar-refractivity contribution in [1.82, 2.24) is 4.90 Å². The van der Waals surface area contributed by atoms with Crippen LogP contribution in [0.5, 0.6) is 0 Å². The highest BCUT2D eigenvalue weighted by Gasteiger charge is 2.62. The Bertz CT molecular complexity index is 837. The maximum atomic E-state index is 12.9. The average molecular weight is 479 g/mol. The van der Waals surface area contributed by atoms with Crippen molar-refractivity contribution in [3.63, 3.8) is 0 Å². The normalized spacial score (nSPS) is 28.4. The second-order valence-corrected chi connectivity index (χ2v) is 9.58. The molecule has 9 heteroatoms. The molecule has 128 valence electrons. The number of allylic oxidation sites excluding steroid dienone is 1. The Morgan fingerprint density at radius 1 is 1.29 bits per heavy atom. The highest BCUT2D eigenvalue weighted by atomic mass is 79.9. The summed E-state index contributed by atoms with van der Waals surface area (Å²) in [6.45, 7) is 0. The number of benzene rings is 1. The minimum atomic E-state index is -3.75. The molecule has 2 aliphatic heterocycles. The summed E-state index contributed by atoms with van der Waals surface area (Å²) in [6, 6.07) is 8.44. The molecule has 3 atom stereocenters. The Hall–Kier alpha value is -1.03. The number of Topliss-reactive ketones (excluding diaryl/α,β-unsaturated/α-hetero) is 1. The van der Waals surface area contributed by atoms with Gasteiger partial charge in [0.2, 0.25) is 5.78 Å². The van der Waals surface area contributed by atoms with Crippen molar-refractivity contribution in [1.29, 1.82) is 0 Å². The summed E-state index contributed by atoms with van der Waals surface area (Å²) in [4.78, 5) is 26.3. The SMILES string of the molecule is CO[C@H]1C(=O)N2C(C(=O)c3ccccc3)=C(CBr)C(Br)S(=O)(=O)[C@@H]12. The summed E-state index contributed by atoms with van der Waals surface area (Å²) in [6.07, 6.45) is -1.09. The number of halogens is 2. The van der Waals surface area contributed by atoms with Gasteiger partial charge in [-0.25, -0.2) is 8.42 Å². The van der Waals surface area contributed by atoms with Gasteiger partial charge >= 0.3 is 0 Å². The average Bonchev–Trinajstić information content (AvgIpc) is 2.58. The number of alkyl halides is 2. The van der Waals surface area contributed by atoms with Gasteiger partial charge < -0.3 is 4.74 Å². The van der Waals surface area contributed by atoms with Crippen molar-refractivity contribution in [2.75, 3.05) is 12.4 Å². The molecule has 1 unspecified atom stereocenters. The number of nitrogens with zero attached hydrogens (tertiary/aromatic N) is 1. The third kappa shape index (κ3) is 2.40. The van der Waals surface area contributed by atoms with Crippen molar-refractivity contribution >= 4 is 53.4 Å². The van der Waals surface area contributed by atoms with E-state index in [1.165, 1.54) is 7.11 Å². The van der Waals surface area contributed by atoms with Crippen LogP contribution in [0.25, 0.3) is 0 Å². The number of sulfone groups is 1. The molecule has 0 N–H and O–H groups in total. The molecule has 1 fully saturated rings. The second-order valence-electron chi connectivity index (χ2n) is 5.36. The number of ketones is 1. The van der Waals surface area contributed by atoms with Gasteiger partial charge in [-0.05, 0) is 5.57 Å². The zero-order valence-electron chi connectivity index (χ0n) is 12.5. The molecular weight excluding hydrogens is 466 g/mol. The van der Waals surface area contributed by atoms with E-state index < -0.39 is 37.2 Å². The molecule has 0 spiro atoms. The van der Waals surface area contributed by atoms with Crippen LogP contribution in [0.15, 0.2) is 41.6 Å². The highest BCUT2D eigenvalue weighted by Crippen LogP contribution is 2.44. The van der Waals surface area contributed by atoms with Gasteiger partial charge in [0, 0.05) is 18.0 Å². The fraction of sp³-hybridized carbons (Fsp3) is 0.333. The second kappa shape index (κ2) is 6.36. The fourth-order valence-electron chi connectivity index (χ4n) is 2.90. The van der Waals surface area contributed by atoms with Gasteiger partial charge in [0.25, 0.3) is 5.91 Å². The summed E-state index contributed by atoms with van der Waals surface area (Å²) in [7, 11) is -2.47. The van der Waals surface area contributed by atoms with Crippen LogP contribution in [-0.4, -0.2) is 53.1 Å². The molecule has 0 bridgehead atoms. The van der Waals surface area contributed by atoms with Crippen LogP contribution >= 0.6 is 31.9 Å². The third-order valence-electron chi connectivity index (χ3n) is 4.09. The van der Waals surface area contributed by atoms with Crippen LogP contribution in [-0.2, 0) is 19.4 Å². The number of carbonyl (C=O) groups is 2. The van der Waals surface area contributed by atoms with Gasteiger partial charge in [-0.1, -0.05) is 62.2 Å². The molecule has 24 heavy (non-hydrogen) atoms. The van der Waals surface area contributed by atoms with Crippen molar-refractivity contribution in [2.45, 2.75) is 15.6 Å². The third-order valence-corrected chi connectivity index (χ3v) is 8.80. The zero-order valence-corrected chi connectivity index (χ0v) is 16.5. The van der Waals surface area contributed by atoms with Gasteiger partial charge in [0.05, 0.1) is 5.70 Å². The number of fused-ring (bicyclic) bond motifs is 1. The van der Waals surface area contributed by atoms with E-state index in [1.54, 1.807) is 30.3 Å². The quantitative estimate of drug-likeness (QED) is 0.374. The van der Waals surface area contributed by atoms with Gasteiger partial charge in [-0.15, -0.1) is 0 Å². The van der Waals surface area contributed by atoms with Crippen LogP contribution in [0.4, 0.5) is 0 Å². The largest absolute Gasteiger partial charge is 0.368 e. The minimum Gasteiger partial charge on any atom is -0.368 e. The van der Waals surface area contributed by atoms with E-state index >= 15 is 0 Å². The number of rotatable bonds is 4. The summed E-state index contributed by atoms with van der Waals surface area (Å²) in [5.41, 5.74) is 0.790. The van der Waals surface area contributed by atoms with Crippen molar-refractivity contribution in [3.05, 3.63) is 47.2 Å². The van der Waals surface area contributed by atoms with E-state index in [1.807, 2.05) is 0 Å². The number of carbonyl (C=O) groups excluding carboxylic acids is 2. The molecule has 1 saturated heterocycles. The molecule has 6 nitrogen and oxygen atoms in total. The first kappa shape index (κ1) is 17.8. The van der Waals surface area contributed by atoms with Crippen molar-refractivity contribution < 1.29 is 22.7 Å². The lowest BCUT2D eigenvalue weighted by Gasteiger charge is -2.50. The summed E-state index contributed by atoms with van der Waals surface area (Å²) >= 11 is 6.41. The van der Waals surface area contributed by atoms with E-state index in [2.05, 4.69) is 31.9 Å². The summed E-state index contributed by atoms with van der Waals surface area (Å²) in [5, 5.41) is -1.05. The van der Waals surface area contributed by atoms with Crippen LogP contribution in [0, 0.1) is 0 Å². The zero-order chi connectivity index (χ0) is 17.6. The molecule has 1 aromatic carbocycles. The maximum absolute atomic E-state index is 12.9. The maximum Gasteiger partial charge on any atom is 0.260 e. The van der Waals surface area contributed by atoms with Crippen LogP contribution in [0.1, 0.15) is 10.4 Å². The number of hydrogen-bond donors (Lipinski definition) is 0. The summed E-state index contributed by atoms with van der Waals surface area (Å²) < 4.78 is 29.3. The van der Waals surface area contributed by atoms with Crippen molar-refractivity contribution in [3.8, 4) is 0 Å². The topological polar surface area (TPSA) is 80.8 Å². The molecule has 1 amide bonds. The first-order valence-electron chi connectivity index (χ1n) is 6.97. The number of β-lactam (4-membered cyclic amide) rings is 1. The van der Waals surface area contributed by atoms with Gasteiger partial charge in [-0.3, -0.25) is 14.5 Å². The lowest BCUT2D eigenvalue weighted by Crippen LogP contribution is -2.71. The monoisotopic (exact) mass is 477 g/mol. The molecule has 0 radical (unpaired) electrons. The Morgan fingerprint density at radius 2 is 1.92 bits per heavy atom. The molecular formula is C15H13Br2NO5S. The first-order valence-corrected chi connectivity index (χ1v) is 10.6. The van der Waals surface area contributed by atoms with Gasteiger partial charge in [-0.2, -0.15) is 0 Å². The highest BCUT2D eigenvalue weighted by molar-refractivity contribution is 9.11. The Balaban J connectivity index is 2.18. The Kier molecular flexibility index (Phi) is 4.71. The van der Waals surface area contributed by atoms with E-state index in [0.717, 1.165) is 4.90 Å². The lowest BCUT2D eigenvalue weighted by molar-refractivity contribution is -0.158. The van der Waals surface area contributed by atoms with E-state index in [-0.39, 0.29) is 11.0 Å². The molecule has 2 heterocycles. The number of amides is 1. The molecule has 1 aromatic rings. The minimum absolute atomic E-state index is 0.0954. The molecule has 0 saturated carbocycles. The smallest absolute Gasteiger partial charge is 0.260 e. The number of ether oxygens (including phenoxy) is 1. The molecule has 0 aliphatic carbocycles. The number of hydrogen-bond acceptors (Lipinski definition) is 5. The lowest BCUT2D eigenvalue weighted by atomic mass is 9.99. The fourth-order valence-corrected chi connectivity index (χ4v) is 7.09. The van der Waals surface area contributed by atoms with Gasteiger partial charge in [0.15, 0.2) is 21.3 Å². The molecule has 0 aromatic heterocycles. The van der Waals surface area contributed by atoms with E-state index in [0.29, 0.717) is 11.1 Å².